The number of H-pyrrole nitrogens is 1. The Bertz CT molecular complexity index is 569. The normalized spacial score (nSPS) is 13.0. The lowest BCUT2D eigenvalue weighted by molar-refractivity contribution is 0.179. The average molecular weight is 319 g/mol. The number of methoxy groups -OCH3 is 1. The lowest BCUT2D eigenvalue weighted by Crippen LogP contribution is -2.36. The van der Waals surface area contributed by atoms with Crippen molar-refractivity contribution in [1.82, 2.24) is 14.3 Å². The van der Waals surface area contributed by atoms with Crippen LogP contribution in [0, 0.1) is 0 Å². The lowest BCUT2D eigenvalue weighted by Gasteiger charge is -2.20. The summed E-state index contributed by atoms with van der Waals surface area (Å²) in [6.07, 6.45) is 2.02. The molecule has 120 valence electrons. The molecule has 9 nitrogen and oxygen atoms in total. The molecule has 0 aliphatic rings. The Morgan fingerprint density at radius 2 is 2.29 bits per heavy atom. The Labute approximate surface area is 123 Å². The highest BCUT2D eigenvalue weighted by Gasteiger charge is 2.26. The first-order chi connectivity index (χ1) is 9.95. The molecular weight excluding hydrogens is 298 g/mol. The van der Waals surface area contributed by atoms with Crippen LogP contribution in [0.4, 0.5) is 0 Å². The number of amidine groups is 1. The number of ether oxygens (including phenoxy) is 1. The van der Waals surface area contributed by atoms with Crippen LogP contribution in [0.2, 0.25) is 0 Å². The van der Waals surface area contributed by atoms with Gasteiger partial charge in [0.1, 0.15) is 11.7 Å². The van der Waals surface area contributed by atoms with Crippen LogP contribution in [0.15, 0.2) is 16.4 Å². The van der Waals surface area contributed by atoms with Gasteiger partial charge < -0.3 is 20.7 Å². The van der Waals surface area contributed by atoms with Gasteiger partial charge in [0.25, 0.3) is 10.0 Å². The zero-order valence-electron chi connectivity index (χ0n) is 12.1. The van der Waals surface area contributed by atoms with Gasteiger partial charge in [0, 0.05) is 33.0 Å². The molecule has 0 aromatic carbocycles. The van der Waals surface area contributed by atoms with Gasteiger partial charge in [0.05, 0.1) is 12.8 Å². The van der Waals surface area contributed by atoms with Gasteiger partial charge in [-0.15, -0.1) is 0 Å². The average Bonchev–Trinajstić information content (AvgIpc) is 2.96. The fraction of sp³-hybridized carbons (Fsp3) is 0.636. The Balaban J connectivity index is 2.93. The van der Waals surface area contributed by atoms with E-state index in [1.807, 2.05) is 6.92 Å². The standard InChI is InChI=1S/C11H21N5O4S/c1-3-10-13-8-11(14-10)21(18,19)16(6-7-20-2)5-4-9(12)15-17/h8,17H,3-7H2,1-2H3,(H2,12,15)(H,13,14). The minimum absolute atomic E-state index is 0.0231. The van der Waals surface area contributed by atoms with E-state index in [4.69, 9.17) is 15.7 Å². The summed E-state index contributed by atoms with van der Waals surface area (Å²) in [5.41, 5.74) is 5.38. The summed E-state index contributed by atoms with van der Waals surface area (Å²) in [6, 6.07) is 0. The molecule has 0 fully saturated rings. The number of nitrogens with two attached hydrogens (primary N) is 1. The number of sulfonamides is 1. The quantitative estimate of drug-likeness (QED) is 0.248. The number of aromatic amines is 1. The number of nitrogens with one attached hydrogen (secondary N) is 1. The highest BCUT2D eigenvalue weighted by molar-refractivity contribution is 7.89. The van der Waals surface area contributed by atoms with Gasteiger partial charge in [-0.05, 0) is 0 Å². The largest absolute Gasteiger partial charge is 0.409 e. The minimum Gasteiger partial charge on any atom is -0.409 e. The fourth-order valence-electron chi connectivity index (χ4n) is 1.63. The molecule has 0 spiro atoms. The minimum atomic E-state index is -3.72. The maximum atomic E-state index is 12.5. The number of aromatic nitrogens is 2. The third-order valence-corrected chi connectivity index (χ3v) is 4.66. The second-order valence-corrected chi connectivity index (χ2v) is 6.19. The predicted octanol–water partition coefficient (Wildman–Crippen LogP) is -0.254. The van der Waals surface area contributed by atoms with Crippen LogP contribution in [-0.2, 0) is 21.2 Å². The van der Waals surface area contributed by atoms with Crippen LogP contribution >= 0.6 is 0 Å². The smallest absolute Gasteiger partial charge is 0.260 e. The van der Waals surface area contributed by atoms with E-state index in [1.54, 1.807) is 0 Å². The summed E-state index contributed by atoms with van der Waals surface area (Å²) in [4.78, 5) is 6.76. The van der Waals surface area contributed by atoms with Gasteiger partial charge in [-0.1, -0.05) is 12.1 Å². The molecule has 0 aliphatic heterocycles. The fourth-order valence-corrected chi connectivity index (χ4v) is 2.99. The highest BCUT2D eigenvalue weighted by atomic mass is 32.2. The Morgan fingerprint density at radius 3 is 2.81 bits per heavy atom. The number of hydrogen-bond donors (Lipinski definition) is 3. The van der Waals surface area contributed by atoms with E-state index in [0.29, 0.717) is 12.2 Å². The first kappa shape index (κ1) is 17.4. The molecule has 0 unspecified atom stereocenters. The van der Waals surface area contributed by atoms with Crippen LogP contribution in [-0.4, -0.2) is 60.5 Å². The van der Waals surface area contributed by atoms with Crippen LogP contribution in [0.25, 0.3) is 0 Å². The number of rotatable bonds is 9. The Hall–Kier alpha value is -1.65. The van der Waals surface area contributed by atoms with E-state index in [0.717, 1.165) is 0 Å². The molecule has 1 rings (SSSR count). The molecule has 0 bridgehead atoms. The van der Waals surface area contributed by atoms with Gasteiger partial charge in [0.15, 0.2) is 5.03 Å². The number of oxime groups is 1. The highest BCUT2D eigenvalue weighted by Crippen LogP contribution is 2.14. The first-order valence-electron chi connectivity index (χ1n) is 6.45. The van der Waals surface area contributed by atoms with Crippen molar-refractivity contribution in [2.75, 3.05) is 26.8 Å². The van der Waals surface area contributed by atoms with E-state index in [9.17, 15) is 8.42 Å². The third kappa shape index (κ3) is 4.69. The molecule has 1 heterocycles. The number of nitrogens with zero attached hydrogens (tertiary/aromatic N) is 3. The summed E-state index contributed by atoms with van der Waals surface area (Å²) in [7, 11) is -2.24. The van der Waals surface area contributed by atoms with Gasteiger partial charge in [-0.25, -0.2) is 13.4 Å². The van der Waals surface area contributed by atoms with E-state index in [2.05, 4.69) is 15.1 Å². The molecule has 0 atom stereocenters. The van der Waals surface area contributed by atoms with Gasteiger partial charge in [-0.2, -0.15) is 4.31 Å². The maximum Gasteiger partial charge on any atom is 0.260 e. The van der Waals surface area contributed by atoms with Crippen molar-refractivity contribution >= 4 is 15.9 Å². The van der Waals surface area contributed by atoms with E-state index >= 15 is 0 Å². The van der Waals surface area contributed by atoms with Gasteiger partial charge in [0.2, 0.25) is 0 Å². The van der Waals surface area contributed by atoms with Crippen molar-refractivity contribution in [3.05, 3.63) is 12.0 Å². The lowest BCUT2D eigenvalue weighted by atomic mass is 10.4. The van der Waals surface area contributed by atoms with Crippen molar-refractivity contribution < 1.29 is 18.4 Å². The first-order valence-corrected chi connectivity index (χ1v) is 7.89. The van der Waals surface area contributed by atoms with Crippen LogP contribution in [0.1, 0.15) is 19.2 Å². The molecule has 21 heavy (non-hydrogen) atoms. The molecule has 0 radical (unpaired) electrons. The number of imidazole rings is 1. The molecule has 0 saturated carbocycles. The van der Waals surface area contributed by atoms with Crippen LogP contribution < -0.4 is 5.73 Å². The molecule has 1 aromatic heterocycles. The van der Waals surface area contributed by atoms with Crippen molar-refractivity contribution in [2.24, 2.45) is 10.9 Å². The Morgan fingerprint density at radius 1 is 1.57 bits per heavy atom. The van der Waals surface area contributed by atoms with Crippen LogP contribution in [0.5, 0.6) is 0 Å². The molecule has 1 aromatic rings. The number of aryl methyl sites for hydroxylation is 1. The topological polar surface area (TPSA) is 134 Å². The van der Waals surface area contributed by atoms with E-state index in [-0.39, 0.29) is 37.0 Å². The third-order valence-electron chi connectivity index (χ3n) is 2.85. The maximum absolute atomic E-state index is 12.5. The monoisotopic (exact) mass is 319 g/mol. The zero-order chi connectivity index (χ0) is 15.9. The zero-order valence-corrected chi connectivity index (χ0v) is 12.9. The molecule has 0 saturated heterocycles. The Kier molecular flexibility index (Phi) is 6.59. The van der Waals surface area contributed by atoms with E-state index in [1.165, 1.54) is 17.6 Å². The number of hydrogen-bond acceptors (Lipinski definition) is 6. The summed E-state index contributed by atoms with van der Waals surface area (Å²) >= 11 is 0. The SMILES string of the molecule is CCc1ncc(S(=O)(=O)N(CCOC)CCC(N)=NO)[nH]1. The second kappa shape index (κ2) is 7.96. The summed E-state index contributed by atoms with van der Waals surface area (Å²) in [5.74, 6) is 0.558. The predicted molar refractivity (Wildman–Crippen MR) is 76.6 cm³/mol. The molecule has 4 N–H and O–H groups in total. The second-order valence-electron chi connectivity index (χ2n) is 4.29. The van der Waals surface area contributed by atoms with Crippen LogP contribution in [0.3, 0.4) is 0 Å². The van der Waals surface area contributed by atoms with Crippen molar-refractivity contribution in [3.8, 4) is 0 Å². The molecular formula is C11H21N5O4S. The van der Waals surface area contributed by atoms with Crippen molar-refractivity contribution in [2.45, 2.75) is 24.8 Å². The van der Waals surface area contributed by atoms with Gasteiger partial charge >= 0.3 is 0 Å². The van der Waals surface area contributed by atoms with Gasteiger partial charge in [-0.3, -0.25) is 0 Å². The summed E-state index contributed by atoms with van der Waals surface area (Å²) in [5, 5.41) is 11.4. The van der Waals surface area contributed by atoms with Crippen molar-refractivity contribution in [1.29, 1.82) is 0 Å². The molecule has 10 heteroatoms. The van der Waals surface area contributed by atoms with E-state index < -0.39 is 10.0 Å². The summed E-state index contributed by atoms with van der Waals surface area (Å²) < 4.78 is 31.2. The summed E-state index contributed by atoms with van der Waals surface area (Å²) in [6.45, 7) is 2.36. The molecule has 0 aliphatic carbocycles. The molecule has 0 amide bonds. The van der Waals surface area contributed by atoms with Crippen molar-refractivity contribution in [3.63, 3.8) is 0 Å².